The van der Waals surface area contributed by atoms with Crippen molar-refractivity contribution in [2.45, 2.75) is 11.4 Å². The fraction of sp³-hybridized carbons (Fsp3) is 0.500. The summed E-state index contributed by atoms with van der Waals surface area (Å²) in [5, 5.41) is -4.32. The highest BCUT2D eigenvalue weighted by Gasteiger charge is 2.44. The molecule has 0 aromatic heterocycles. The lowest BCUT2D eigenvalue weighted by Gasteiger charge is -2.13. The zero-order valence-corrected chi connectivity index (χ0v) is 11.7. The topological polar surface area (TPSA) is 85.4 Å². The van der Waals surface area contributed by atoms with E-state index in [-0.39, 0.29) is 19.3 Å². The maximum Gasteiger partial charge on any atom is 0.392 e. The number of halogens is 2. The molecule has 1 saturated heterocycles. The van der Waals surface area contributed by atoms with Crippen molar-refractivity contribution >= 4 is 10.1 Å². The van der Waals surface area contributed by atoms with E-state index in [4.69, 9.17) is 14.0 Å². The smallest absolute Gasteiger partial charge is 0.392 e. The summed E-state index contributed by atoms with van der Waals surface area (Å²) in [6, 6.07) is 7.09. The van der Waals surface area contributed by atoms with Gasteiger partial charge in [-0.2, -0.15) is 17.2 Å². The van der Waals surface area contributed by atoms with Gasteiger partial charge in [0, 0.05) is 0 Å². The van der Waals surface area contributed by atoms with Gasteiger partial charge in [-0.05, 0) is 17.7 Å². The second-order valence-electron chi connectivity index (χ2n) is 4.40. The molecule has 2 rings (SSSR count). The molecule has 1 N–H and O–H groups in total. The van der Waals surface area contributed by atoms with E-state index < -0.39 is 22.0 Å². The van der Waals surface area contributed by atoms with Crippen LogP contribution in [0.1, 0.15) is 11.7 Å². The van der Waals surface area contributed by atoms with Crippen molar-refractivity contribution in [3.63, 3.8) is 0 Å². The van der Waals surface area contributed by atoms with E-state index in [0.717, 1.165) is 5.56 Å². The molecule has 1 aromatic rings. The minimum Gasteiger partial charge on any atom is -0.491 e. The zero-order valence-electron chi connectivity index (χ0n) is 10.9. The molecule has 118 valence electrons. The molecule has 0 radical (unpaired) electrons. The predicted octanol–water partition coefficient (Wildman–Crippen LogP) is 1.63. The van der Waals surface area contributed by atoms with Gasteiger partial charge in [0.05, 0.1) is 13.2 Å². The number of hydrogen-bond acceptors (Lipinski definition) is 5. The Morgan fingerprint density at radius 1 is 1.29 bits per heavy atom. The van der Waals surface area contributed by atoms with Crippen molar-refractivity contribution in [1.29, 1.82) is 0 Å². The normalized spacial score (nSPS) is 18.5. The average Bonchev–Trinajstić information content (AvgIpc) is 3.22. The Balaban J connectivity index is 1.67. The number of ether oxygens (including phenoxy) is 3. The van der Waals surface area contributed by atoms with Crippen LogP contribution in [0.5, 0.6) is 5.75 Å². The second kappa shape index (κ2) is 6.22. The van der Waals surface area contributed by atoms with Crippen LogP contribution in [0.25, 0.3) is 0 Å². The molecule has 1 fully saturated rings. The summed E-state index contributed by atoms with van der Waals surface area (Å²) in [6.45, 7) is -0.984. The van der Waals surface area contributed by atoms with E-state index in [1.54, 1.807) is 12.1 Å². The number of hydrogen-bond donors (Lipinski definition) is 1. The molecular weight excluding hydrogens is 310 g/mol. The Kier molecular flexibility index (Phi) is 4.77. The third-order valence-electron chi connectivity index (χ3n) is 2.73. The van der Waals surface area contributed by atoms with Crippen molar-refractivity contribution < 1.29 is 36.0 Å². The highest BCUT2D eigenvalue weighted by atomic mass is 32.2. The summed E-state index contributed by atoms with van der Waals surface area (Å²) >= 11 is 0. The first-order chi connectivity index (χ1) is 9.79. The van der Waals surface area contributed by atoms with Crippen LogP contribution in [0.3, 0.4) is 0 Å². The number of epoxide rings is 1. The largest absolute Gasteiger partial charge is 0.491 e. The summed E-state index contributed by atoms with van der Waals surface area (Å²) in [4.78, 5) is 0. The average molecular weight is 324 g/mol. The first-order valence-electron chi connectivity index (χ1n) is 6.06. The van der Waals surface area contributed by atoms with Gasteiger partial charge >= 0.3 is 15.4 Å². The third-order valence-corrected chi connectivity index (χ3v) is 3.60. The summed E-state index contributed by atoms with van der Waals surface area (Å²) < 4.78 is 69.3. The predicted molar refractivity (Wildman–Crippen MR) is 67.9 cm³/mol. The third kappa shape index (κ3) is 4.60. The van der Waals surface area contributed by atoms with Gasteiger partial charge in [0.1, 0.15) is 25.1 Å². The lowest BCUT2D eigenvalue weighted by Crippen LogP contribution is -2.34. The van der Waals surface area contributed by atoms with Crippen LogP contribution < -0.4 is 4.74 Å². The molecule has 0 amide bonds. The van der Waals surface area contributed by atoms with E-state index >= 15 is 0 Å². The van der Waals surface area contributed by atoms with Gasteiger partial charge < -0.3 is 14.2 Å². The Labute approximate surface area is 120 Å². The molecule has 0 bridgehead atoms. The summed E-state index contributed by atoms with van der Waals surface area (Å²) in [5.41, 5.74) is 1.03. The second-order valence-corrected chi connectivity index (χ2v) is 5.95. The number of rotatable bonds is 8. The molecule has 1 aliphatic heterocycles. The van der Waals surface area contributed by atoms with Gasteiger partial charge in [-0.25, -0.2) is 0 Å². The van der Waals surface area contributed by atoms with Crippen LogP contribution in [-0.4, -0.2) is 44.7 Å². The van der Waals surface area contributed by atoms with Crippen molar-refractivity contribution in [2.75, 3.05) is 26.4 Å². The molecular formula is C12H14F2O6S. The molecule has 1 aliphatic rings. The highest BCUT2D eigenvalue weighted by molar-refractivity contribution is 7.86. The van der Waals surface area contributed by atoms with E-state index in [1.807, 2.05) is 12.1 Å². The molecule has 0 saturated carbocycles. The van der Waals surface area contributed by atoms with Gasteiger partial charge in [-0.15, -0.1) is 0 Å². The maximum atomic E-state index is 12.8. The SMILES string of the molecule is O=S(=O)(O)C(F)(F)COCCOc1ccc(C2CO2)cc1. The summed E-state index contributed by atoms with van der Waals surface area (Å²) in [5.74, 6) is 0.532. The molecule has 1 atom stereocenters. The maximum absolute atomic E-state index is 12.8. The van der Waals surface area contributed by atoms with Crippen molar-refractivity contribution in [3.8, 4) is 5.75 Å². The van der Waals surface area contributed by atoms with E-state index in [1.165, 1.54) is 0 Å². The van der Waals surface area contributed by atoms with Crippen LogP contribution in [0.15, 0.2) is 24.3 Å². The van der Waals surface area contributed by atoms with Crippen LogP contribution in [-0.2, 0) is 19.6 Å². The molecule has 1 unspecified atom stereocenters. The van der Waals surface area contributed by atoms with Crippen LogP contribution in [0.2, 0.25) is 0 Å². The lowest BCUT2D eigenvalue weighted by molar-refractivity contribution is -0.0267. The van der Waals surface area contributed by atoms with E-state index in [2.05, 4.69) is 4.74 Å². The van der Waals surface area contributed by atoms with Crippen molar-refractivity contribution in [1.82, 2.24) is 0 Å². The Morgan fingerprint density at radius 2 is 1.90 bits per heavy atom. The highest BCUT2D eigenvalue weighted by Crippen LogP contribution is 2.30. The monoisotopic (exact) mass is 324 g/mol. The summed E-state index contributed by atoms with van der Waals surface area (Å²) in [6.07, 6.45) is 0.144. The van der Waals surface area contributed by atoms with Crippen LogP contribution in [0, 0.1) is 0 Å². The van der Waals surface area contributed by atoms with Gasteiger partial charge in [-0.3, -0.25) is 4.55 Å². The molecule has 1 heterocycles. The Hall–Kier alpha value is -1.29. The van der Waals surface area contributed by atoms with Gasteiger partial charge in [0.15, 0.2) is 0 Å². The lowest BCUT2D eigenvalue weighted by atomic mass is 10.2. The van der Waals surface area contributed by atoms with E-state index in [9.17, 15) is 17.2 Å². The van der Waals surface area contributed by atoms with E-state index in [0.29, 0.717) is 12.4 Å². The van der Waals surface area contributed by atoms with Crippen molar-refractivity contribution in [3.05, 3.63) is 29.8 Å². The first-order valence-corrected chi connectivity index (χ1v) is 7.50. The molecule has 6 nitrogen and oxygen atoms in total. The minimum absolute atomic E-state index is 0.0270. The minimum atomic E-state index is -5.46. The molecule has 1 aromatic carbocycles. The Bertz CT molecular complexity index is 568. The fourth-order valence-corrected chi connectivity index (χ4v) is 1.74. The molecule has 0 aliphatic carbocycles. The number of benzene rings is 1. The van der Waals surface area contributed by atoms with Crippen molar-refractivity contribution in [2.24, 2.45) is 0 Å². The first kappa shape index (κ1) is 16.1. The molecule has 9 heteroatoms. The quantitative estimate of drug-likeness (QED) is 0.444. The Morgan fingerprint density at radius 3 is 2.43 bits per heavy atom. The van der Waals surface area contributed by atoms with Crippen LogP contribution in [0.4, 0.5) is 8.78 Å². The van der Waals surface area contributed by atoms with Gasteiger partial charge in [0.25, 0.3) is 0 Å². The fourth-order valence-electron chi connectivity index (χ4n) is 1.50. The van der Waals surface area contributed by atoms with Gasteiger partial charge in [-0.1, -0.05) is 12.1 Å². The molecule has 0 spiro atoms. The molecule has 21 heavy (non-hydrogen) atoms. The zero-order chi connectivity index (χ0) is 15.5. The standard InChI is InChI=1S/C12H14F2O6S/c13-12(14,21(15,16)17)8-18-5-6-19-10-3-1-9(2-4-10)11-7-20-11/h1-4,11H,5-8H2,(H,15,16,17). The summed E-state index contributed by atoms with van der Waals surface area (Å²) in [7, 11) is -5.46. The van der Waals surface area contributed by atoms with Crippen LogP contribution >= 0.6 is 0 Å². The van der Waals surface area contributed by atoms with Gasteiger partial charge in [0.2, 0.25) is 0 Å². The number of alkyl halides is 2.